The number of hydrogen-bond donors (Lipinski definition) is 2. The summed E-state index contributed by atoms with van der Waals surface area (Å²) in [6.45, 7) is 3.64. The maximum absolute atomic E-state index is 6.09. The fraction of sp³-hybridized carbons (Fsp3) is 0.286. The molecule has 0 bridgehead atoms. The summed E-state index contributed by atoms with van der Waals surface area (Å²) in [7, 11) is 0. The van der Waals surface area contributed by atoms with Crippen molar-refractivity contribution in [3.05, 3.63) is 46.2 Å². The van der Waals surface area contributed by atoms with E-state index in [1.54, 1.807) is 12.3 Å². The molecule has 7 heteroatoms. The summed E-state index contributed by atoms with van der Waals surface area (Å²) >= 11 is 17.3. The second-order valence-electron chi connectivity index (χ2n) is 4.53. The highest BCUT2D eigenvalue weighted by Crippen LogP contribution is 2.29. The van der Waals surface area contributed by atoms with E-state index in [1.807, 2.05) is 29.8 Å². The van der Waals surface area contributed by atoms with Crippen molar-refractivity contribution in [2.24, 2.45) is 0 Å². The van der Waals surface area contributed by atoms with Crippen molar-refractivity contribution in [3.63, 3.8) is 0 Å². The summed E-state index contributed by atoms with van der Waals surface area (Å²) in [6, 6.07) is 7.37. The number of aryl methyl sites for hydroxylation is 2. The summed E-state index contributed by atoms with van der Waals surface area (Å²) in [5, 5.41) is 11.9. The monoisotopic (exact) mass is 342 g/mol. The molecular weight excluding hydrogens is 327 g/mol. The van der Waals surface area contributed by atoms with Gasteiger partial charge in [-0.05, 0) is 43.8 Å². The predicted molar refractivity (Wildman–Crippen MR) is 92.3 cm³/mol. The van der Waals surface area contributed by atoms with Gasteiger partial charge in [0.15, 0.2) is 5.11 Å². The highest BCUT2D eigenvalue weighted by molar-refractivity contribution is 7.80. The number of anilines is 1. The van der Waals surface area contributed by atoms with Gasteiger partial charge in [0.1, 0.15) is 0 Å². The van der Waals surface area contributed by atoms with Gasteiger partial charge in [0.2, 0.25) is 0 Å². The number of hydrogen-bond acceptors (Lipinski definition) is 2. The molecule has 1 heterocycles. The van der Waals surface area contributed by atoms with Crippen LogP contribution in [0, 0.1) is 6.92 Å². The number of benzene rings is 1. The lowest BCUT2D eigenvalue weighted by atomic mass is 10.3. The van der Waals surface area contributed by atoms with Gasteiger partial charge in [0.05, 0.1) is 15.7 Å². The van der Waals surface area contributed by atoms with Crippen molar-refractivity contribution in [1.29, 1.82) is 0 Å². The number of nitrogens with one attached hydrogen (secondary N) is 2. The topological polar surface area (TPSA) is 41.9 Å². The van der Waals surface area contributed by atoms with E-state index >= 15 is 0 Å². The van der Waals surface area contributed by atoms with Gasteiger partial charge in [-0.1, -0.05) is 29.3 Å². The first-order chi connectivity index (χ1) is 10.1. The largest absolute Gasteiger partial charge is 0.362 e. The highest BCUT2D eigenvalue weighted by Gasteiger charge is 2.05. The molecule has 2 N–H and O–H groups in total. The van der Waals surface area contributed by atoms with Crippen LogP contribution in [0.4, 0.5) is 5.69 Å². The van der Waals surface area contributed by atoms with Gasteiger partial charge in [0, 0.05) is 25.0 Å². The van der Waals surface area contributed by atoms with E-state index in [4.69, 9.17) is 35.4 Å². The first-order valence-corrected chi connectivity index (χ1v) is 7.71. The molecule has 2 rings (SSSR count). The Hall–Kier alpha value is -1.30. The van der Waals surface area contributed by atoms with Crippen LogP contribution < -0.4 is 10.6 Å². The van der Waals surface area contributed by atoms with Crippen LogP contribution in [0.2, 0.25) is 10.0 Å². The smallest absolute Gasteiger partial charge is 0.170 e. The first-order valence-electron chi connectivity index (χ1n) is 6.55. The molecule has 0 saturated heterocycles. The molecule has 0 amide bonds. The fourth-order valence-corrected chi connectivity index (χ4v) is 2.39. The van der Waals surface area contributed by atoms with Gasteiger partial charge in [-0.2, -0.15) is 5.10 Å². The molecule has 0 aliphatic rings. The number of thiocarbonyl (C=S) groups is 1. The van der Waals surface area contributed by atoms with Gasteiger partial charge in [0.25, 0.3) is 0 Å². The summed E-state index contributed by atoms with van der Waals surface area (Å²) in [4.78, 5) is 0. The molecule has 21 heavy (non-hydrogen) atoms. The molecule has 2 aromatic rings. The summed E-state index contributed by atoms with van der Waals surface area (Å²) in [5.41, 5.74) is 1.85. The van der Waals surface area contributed by atoms with Crippen LogP contribution in [0.3, 0.4) is 0 Å². The Morgan fingerprint density at radius 3 is 2.86 bits per heavy atom. The maximum Gasteiger partial charge on any atom is 0.170 e. The van der Waals surface area contributed by atoms with Crippen LogP contribution in [0.5, 0.6) is 0 Å². The van der Waals surface area contributed by atoms with Crippen molar-refractivity contribution in [1.82, 2.24) is 15.1 Å². The maximum atomic E-state index is 6.09. The lowest BCUT2D eigenvalue weighted by molar-refractivity contribution is 0.561. The zero-order chi connectivity index (χ0) is 15.2. The minimum atomic E-state index is 0.468. The van der Waals surface area contributed by atoms with Crippen LogP contribution >= 0.6 is 35.4 Å². The van der Waals surface area contributed by atoms with Crippen LogP contribution in [0.25, 0.3) is 0 Å². The Bertz CT molecular complexity index is 627. The number of nitrogens with zero attached hydrogens (tertiary/aromatic N) is 2. The standard InChI is InChI=1S/C14H16Cl2N4S/c1-10-6-8-18-20(10)9-3-7-17-14(21)19-12-5-2-4-11(15)13(12)16/h2,4-6,8H,3,7,9H2,1H3,(H2,17,19,21). The van der Waals surface area contributed by atoms with Crippen molar-refractivity contribution in [2.45, 2.75) is 19.9 Å². The van der Waals surface area contributed by atoms with E-state index in [2.05, 4.69) is 15.7 Å². The average Bonchev–Trinajstić information content (AvgIpc) is 2.86. The molecule has 0 radical (unpaired) electrons. The van der Waals surface area contributed by atoms with E-state index in [0.717, 1.165) is 25.2 Å². The molecule has 0 unspecified atom stereocenters. The zero-order valence-electron chi connectivity index (χ0n) is 11.6. The number of rotatable bonds is 5. The molecule has 0 spiro atoms. The molecule has 0 aliphatic heterocycles. The van der Waals surface area contributed by atoms with Crippen molar-refractivity contribution in [2.75, 3.05) is 11.9 Å². The highest BCUT2D eigenvalue weighted by atomic mass is 35.5. The Kier molecular flexibility index (Phi) is 5.85. The fourth-order valence-electron chi connectivity index (χ4n) is 1.83. The third-order valence-electron chi connectivity index (χ3n) is 2.96. The minimum absolute atomic E-state index is 0.468. The number of aromatic nitrogens is 2. The first kappa shape index (κ1) is 16.1. The average molecular weight is 343 g/mol. The van der Waals surface area contributed by atoms with E-state index in [1.165, 1.54) is 0 Å². The lowest BCUT2D eigenvalue weighted by Gasteiger charge is -2.12. The second kappa shape index (κ2) is 7.64. The van der Waals surface area contributed by atoms with Gasteiger partial charge >= 0.3 is 0 Å². The summed E-state index contributed by atoms with van der Waals surface area (Å²) in [5.74, 6) is 0. The molecule has 0 aliphatic carbocycles. The molecule has 0 atom stereocenters. The van der Waals surface area contributed by atoms with Crippen LogP contribution in [0.15, 0.2) is 30.5 Å². The van der Waals surface area contributed by atoms with E-state index in [0.29, 0.717) is 20.8 Å². The second-order valence-corrected chi connectivity index (χ2v) is 5.72. The Balaban J connectivity index is 1.75. The molecular formula is C14H16Cl2N4S. The van der Waals surface area contributed by atoms with Crippen molar-refractivity contribution >= 4 is 46.2 Å². The van der Waals surface area contributed by atoms with Gasteiger partial charge < -0.3 is 10.6 Å². The van der Waals surface area contributed by atoms with Crippen molar-refractivity contribution in [3.8, 4) is 0 Å². The quantitative estimate of drug-likeness (QED) is 0.639. The molecule has 4 nitrogen and oxygen atoms in total. The summed E-state index contributed by atoms with van der Waals surface area (Å²) < 4.78 is 1.96. The Labute approximate surface area is 139 Å². The summed E-state index contributed by atoms with van der Waals surface area (Å²) in [6.07, 6.45) is 2.73. The van der Waals surface area contributed by atoms with E-state index in [9.17, 15) is 0 Å². The Morgan fingerprint density at radius 1 is 1.33 bits per heavy atom. The Morgan fingerprint density at radius 2 is 2.14 bits per heavy atom. The molecule has 0 fully saturated rings. The van der Waals surface area contributed by atoms with Crippen LogP contribution in [-0.2, 0) is 6.54 Å². The zero-order valence-corrected chi connectivity index (χ0v) is 13.9. The lowest BCUT2D eigenvalue weighted by Crippen LogP contribution is -2.30. The molecule has 0 saturated carbocycles. The minimum Gasteiger partial charge on any atom is -0.362 e. The van der Waals surface area contributed by atoms with Crippen molar-refractivity contribution < 1.29 is 0 Å². The van der Waals surface area contributed by atoms with Gasteiger partial charge in [-0.3, -0.25) is 4.68 Å². The van der Waals surface area contributed by atoms with E-state index in [-0.39, 0.29) is 0 Å². The predicted octanol–water partition coefficient (Wildman–Crippen LogP) is 3.88. The van der Waals surface area contributed by atoms with Crippen LogP contribution in [0.1, 0.15) is 12.1 Å². The van der Waals surface area contributed by atoms with Gasteiger partial charge in [-0.25, -0.2) is 0 Å². The van der Waals surface area contributed by atoms with Gasteiger partial charge in [-0.15, -0.1) is 0 Å². The number of halogens is 2. The molecule has 1 aromatic heterocycles. The third kappa shape index (κ3) is 4.59. The SMILES string of the molecule is Cc1ccnn1CCCNC(=S)Nc1cccc(Cl)c1Cl. The van der Waals surface area contributed by atoms with Crippen LogP contribution in [-0.4, -0.2) is 21.4 Å². The third-order valence-corrected chi connectivity index (χ3v) is 4.03. The molecule has 112 valence electrons. The normalized spacial score (nSPS) is 10.4. The molecule has 1 aromatic carbocycles. The van der Waals surface area contributed by atoms with E-state index < -0.39 is 0 Å².